The summed E-state index contributed by atoms with van der Waals surface area (Å²) < 4.78 is 37.4. The van der Waals surface area contributed by atoms with Gasteiger partial charge in [-0.05, 0) is 24.0 Å². The minimum absolute atomic E-state index is 0.0154. The second-order valence-electron chi connectivity index (χ2n) is 6.76. The van der Waals surface area contributed by atoms with Crippen molar-refractivity contribution in [3.8, 4) is 0 Å². The number of benzene rings is 1. The first kappa shape index (κ1) is 19.8. The first-order chi connectivity index (χ1) is 13.4. The van der Waals surface area contributed by atoms with Gasteiger partial charge in [0.2, 0.25) is 0 Å². The number of allylic oxidation sites excluding steroid dienone is 6. The SMILES string of the molecule is O=C1C=C=CC(C2C=C(Cc3ccccc3)C=CC2)=NC/C1=C/CC(F)(F)F. The molecule has 1 aliphatic heterocycles. The van der Waals surface area contributed by atoms with E-state index in [2.05, 4.69) is 41.1 Å². The Morgan fingerprint density at radius 1 is 1.18 bits per heavy atom. The van der Waals surface area contributed by atoms with E-state index in [0.717, 1.165) is 30.2 Å². The summed E-state index contributed by atoms with van der Waals surface area (Å²) in [5.74, 6) is -0.464. The van der Waals surface area contributed by atoms with E-state index in [-0.39, 0.29) is 18.0 Å². The number of alkyl halides is 3. The lowest BCUT2D eigenvalue weighted by molar-refractivity contribution is -0.125. The molecule has 0 bridgehead atoms. The summed E-state index contributed by atoms with van der Waals surface area (Å²) >= 11 is 0. The maximum atomic E-state index is 12.5. The van der Waals surface area contributed by atoms with Crippen LogP contribution in [0.2, 0.25) is 0 Å². The average molecular weight is 383 g/mol. The highest BCUT2D eigenvalue weighted by molar-refractivity contribution is 6.06. The van der Waals surface area contributed by atoms with Gasteiger partial charge in [0.1, 0.15) is 0 Å². The van der Waals surface area contributed by atoms with Crippen molar-refractivity contribution in [1.29, 1.82) is 0 Å². The summed E-state index contributed by atoms with van der Waals surface area (Å²) in [5, 5.41) is 0. The van der Waals surface area contributed by atoms with E-state index >= 15 is 0 Å². The summed E-state index contributed by atoms with van der Waals surface area (Å²) in [5.41, 5.74) is 5.91. The average Bonchev–Trinajstić information content (AvgIpc) is 2.65. The number of carbonyl (C=O) groups is 1. The molecule has 0 spiro atoms. The van der Waals surface area contributed by atoms with E-state index < -0.39 is 18.4 Å². The van der Waals surface area contributed by atoms with Gasteiger partial charge in [0.05, 0.1) is 18.7 Å². The molecule has 28 heavy (non-hydrogen) atoms. The van der Waals surface area contributed by atoms with E-state index in [0.29, 0.717) is 0 Å². The van der Waals surface area contributed by atoms with Crippen LogP contribution in [-0.4, -0.2) is 24.2 Å². The maximum absolute atomic E-state index is 12.5. The van der Waals surface area contributed by atoms with Crippen LogP contribution in [0.4, 0.5) is 13.2 Å². The van der Waals surface area contributed by atoms with Gasteiger partial charge < -0.3 is 0 Å². The second-order valence-corrected chi connectivity index (χ2v) is 6.76. The van der Waals surface area contributed by atoms with Crippen molar-refractivity contribution in [2.75, 3.05) is 6.54 Å². The predicted molar refractivity (Wildman–Crippen MR) is 104 cm³/mol. The molecule has 0 N–H and O–H groups in total. The molecular weight excluding hydrogens is 363 g/mol. The van der Waals surface area contributed by atoms with Crippen molar-refractivity contribution in [2.45, 2.75) is 25.4 Å². The zero-order valence-corrected chi connectivity index (χ0v) is 15.2. The number of aliphatic imine (C=N–C) groups is 1. The molecule has 1 aromatic carbocycles. The fourth-order valence-corrected chi connectivity index (χ4v) is 3.13. The molecule has 0 saturated carbocycles. The highest BCUT2D eigenvalue weighted by Crippen LogP contribution is 2.24. The van der Waals surface area contributed by atoms with Gasteiger partial charge in [-0.15, -0.1) is 5.73 Å². The van der Waals surface area contributed by atoms with Gasteiger partial charge in [-0.2, -0.15) is 13.2 Å². The minimum atomic E-state index is -4.34. The standard InChI is InChI=1S/C23H20F3NO/c24-23(25,26)13-12-20-16-27-21(10-5-11-22(20)28)19-9-4-8-18(15-19)14-17-6-2-1-3-7-17/h1-4,6-8,10-12,15,19H,9,13-14,16H2/b20-12-,27-21?. The number of rotatable bonds is 4. The zero-order valence-electron chi connectivity index (χ0n) is 15.2. The van der Waals surface area contributed by atoms with Gasteiger partial charge in [0, 0.05) is 23.6 Å². The van der Waals surface area contributed by atoms with Gasteiger partial charge in [0.15, 0.2) is 5.78 Å². The molecule has 1 heterocycles. The van der Waals surface area contributed by atoms with Crippen LogP contribution in [0.5, 0.6) is 0 Å². The highest BCUT2D eigenvalue weighted by atomic mass is 19.4. The molecule has 0 fully saturated rings. The summed E-state index contributed by atoms with van der Waals surface area (Å²) in [6.07, 6.45) is 6.13. The minimum Gasteiger partial charge on any atom is -0.289 e. The van der Waals surface area contributed by atoms with Crippen LogP contribution in [0.3, 0.4) is 0 Å². The summed E-state index contributed by atoms with van der Waals surface area (Å²) in [7, 11) is 0. The summed E-state index contributed by atoms with van der Waals surface area (Å²) in [4.78, 5) is 16.4. The Morgan fingerprint density at radius 3 is 2.71 bits per heavy atom. The Hall–Kier alpha value is -2.91. The molecule has 5 heteroatoms. The topological polar surface area (TPSA) is 29.4 Å². The summed E-state index contributed by atoms with van der Waals surface area (Å²) in [6.45, 7) is -0.0546. The Morgan fingerprint density at radius 2 is 1.96 bits per heavy atom. The number of nitrogens with zero attached hydrogens (tertiary/aromatic N) is 1. The molecular formula is C23H20F3NO. The smallest absolute Gasteiger partial charge is 0.289 e. The largest absolute Gasteiger partial charge is 0.392 e. The lowest BCUT2D eigenvalue weighted by Crippen LogP contribution is -2.16. The zero-order chi connectivity index (χ0) is 20.0. The fourth-order valence-electron chi connectivity index (χ4n) is 3.13. The van der Waals surface area contributed by atoms with E-state index in [9.17, 15) is 18.0 Å². The normalized spacial score (nSPS) is 21.3. The van der Waals surface area contributed by atoms with Gasteiger partial charge in [-0.25, -0.2) is 0 Å². The Labute approximate surface area is 162 Å². The van der Waals surface area contributed by atoms with Crippen LogP contribution in [0.25, 0.3) is 0 Å². The molecule has 3 rings (SSSR count). The fraction of sp³-hybridized carbons (Fsp3) is 0.261. The third-order valence-corrected chi connectivity index (χ3v) is 4.54. The number of hydrogen-bond donors (Lipinski definition) is 0. The maximum Gasteiger partial charge on any atom is 0.392 e. The number of ketones is 1. The monoisotopic (exact) mass is 383 g/mol. The number of halogens is 3. The number of carbonyl (C=O) groups excluding carboxylic acids is 1. The molecule has 1 atom stereocenters. The molecule has 2 aliphatic rings. The van der Waals surface area contributed by atoms with Gasteiger partial charge in [-0.1, -0.05) is 54.6 Å². The quantitative estimate of drug-likeness (QED) is 0.509. The first-order valence-electron chi connectivity index (χ1n) is 9.09. The third-order valence-electron chi connectivity index (χ3n) is 4.54. The van der Waals surface area contributed by atoms with Crippen LogP contribution in [0.1, 0.15) is 18.4 Å². The van der Waals surface area contributed by atoms with Crippen molar-refractivity contribution in [1.82, 2.24) is 0 Å². The molecule has 1 aromatic rings. The van der Waals surface area contributed by atoms with Crippen LogP contribution < -0.4 is 0 Å². The lowest BCUT2D eigenvalue weighted by Gasteiger charge is -2.18. The van der Waals surface area contributed by atoms with E-state index in [1.54, 1.807) is 6.08 Å². The van der Waals surface area contributed by atoms with Crippen molar-refractivity contribution in [2.24, 2.45) is 10.9 Å². The van der Waals surface area contributed by atoms with E-state index in [1.807, 2.05) is 18.2 Å². The number of hydrogen-bond acceptors (Lipinski definition) is 2. The predicted octanol–water partition coefficient (Wildman–Crippen LogP) is 5.35. The first-order valence-corrected chi connectivity index (χ1v) is 9.09. The van der Waals surface area contributed by atoms with Crippen LogP contribution in [-0.2, 0) is 11.2 Å². The van der Waals surface area contributed by atoms with Gasteiger partial charge in [0.25, 0.3) is 0 Å². The Bertz CT molecular complexity index is 911. The van der Waals surface area contributed by atoms with Crippen LogP contribution in [0, 0.1) is 5.92 Å². The van der Waals surface area contributed by atoms with Crippen molar-refractivity contribution >= 4 is 11.5 Å². The molecule has 0 radical (unpaired) electrons. The van der Waals surface area contributed by atoms with E-state index in [1.165, 1.54) is 11.6 Å². The second kappa shape index (κ2) is 8.85. The van der Waals surface area contributed by atoms with Crippen molar-refractivity contribution in [3.63, 3.8) is 0 Å². The molecule has 1 unspecified atom stereocenters. The molecule has 144 valence electrons. The summed E-state index contributed by atoms with van der Waals surface area (Å²) in [6, 6.07) is 10.1. The molecule has 1 aliphatic carbocycles. The third kappa shape index (κ3) is 5.80. The van der Waals surface area contributed by atoms with Gasteiger partial charge in [-0.3, -0.25) is 9.79 Å². The van der Waals surface area contributed by atoms with Crippen LogP contribution in [0.15, 0.2) is 88.7 Å². The molecule has 0 saturated heterocycles. The van der Waals surface area contributed by atoms with Crippen molar-refractivity contribution in [3.05, 3.63) is 89.2 Å². The molecule has 0 amide bonds. The molecule has 0 aromatic heterocycles. The van der Waals surface area contributed by atoms with Gasteiger partial charge >= 0.3 is 6.18 Å². The van der Waals surface area contributed by atoms with E-state index in [4.69, 9.17) is 0 Å². The Balaban J connectivity index is 1.78. The highest BCUT2D eigenvalue weighted by Gasteiger charge is 2.26. The van der Waals surface area contributed by atoms with Crippen molar-refractivity contribution < 1.29 is 18.0 Å². The lowest BCUT2D eigenvalue weighted by atomic mass is 9.89. The molecule has 2 nitrogen and oxygen atoms in total. The Kier molecular flexibility index (Phi) is 6.27. The van der Waals surface area contributed by atoms with Crippen LogP contribution >= 0.6 is 0 Å².